The van der Waals surface area contributed by atoms with Crippen LogP contribution >= 0.6 is 0 Å². The van der Waals surface area contributed by atoms with Crippen molar-refractivity contribution in [3.05, 3.63) is 24.3 Å². The van der Waals surface area contributed by atoms with Gasteiger partial charge < -0.3 is 14.8 Å². The molecule has 1 heterocycles. The van der Waals surface area contributed by atoms with Gasteiger partial charge in [-0.15, -0.1) is 0 Å². The predicted molar refractivity (Wildman–Crippen MR) is 72.5 cm³/mol. The fraction of sp³-hybridized carbons (Fsp3) is 0.462. The van der Waals surface area contributed by atoms with Crippen molar-refractivity contribution >= 4 is 17.0 Å². The zero-order valence-corrected chi connectivity index (χ0v) is 10.8. The topological polar surface area (TPSA) is 33.1 Å². The van der Waals surface area contributed by atoms with Crippen LogP contribution in [-0.4, -0.2) is 36.7 Å². The summed E-state index contributed by atoms with van der Waals surface area (Å²) in [5.74, 6) is 1.03. The second-order valence-corrected chi connectivity index (χ2v) is 4.34. The summed E-state index contributed by atoms with van der Waals surface area (Å²) < 4.78 is 2.15. The summed E-state index contributed by atoms with van der Waals surface area (Å²) in [6, 6.07) is 8.24. The first-order valence-electron chi connectivity index (χ1n) is 6.01. The van der Waals surface area contributed by atoms with Crippen LogP contribution in [0.25, 0.3) is 11.0 Å². The molecule has 0 saturated heterocycles. The summed E-state index contributed by atoms with van der Waals surface area (Å²) in [4.78, 5) is 6.87. The Kier molecular flexibility index (Phi) is 3.64. The molecule has 0 aliphatic carbocycles. The minimum Gasteiger partial charge on any atom is -0.345 e. The van der Waals surface area contributed by atoms with Gasteiger partial charge in [-0.3, -0.25) is 0 Å². The molecule has 1 aromatic heterocycles. The predicted octanol–water partition coefficient (Wildman–Crippen LogP) is 1.62. The number of rotatable bonds is 5. The Bertz CT molecular complexity index is 489. The minimum absolute atomic E-state index is 1.01. The third-order valence-electron chi connectivity index (χ3n) is 3.03. The Morgan fingerprint density at radius 3 is 2.82 bits per heavy atom. The fourth-order valence-corrected chi connectivity index (χ4v) is 2.07. The van der Waals surface area contributed by atoms with Gasteiger partial charge in [-0.25, -0.2) is 4.98 Å². The van der Waals surface area contributed by atoms with Crippen LogP contribution in [-0.2, 0) is 7.05 Å². The smallest absolute Gasteiger partial charge is 0.206 e. The standard InChI is InChI=1S/C13H20N4/c1-14-9-6-10-16(2)13-15-11-7-4-5-8-12(11)17(13)3/h4-5,7-8,14H,6,9-10H2,1-3H3. The molecule has 0 spiro atoms. The molecule has 2 aromatic rings. The highest BCUT2D eigenvalue weighted by Gasteiger charge is 2.10. The highest BCUT2D eigenvalue weighted by molar-refractivity contribution is 5.78. The zero-order valence-electron chi connectivity index (χ0n) is 10.8. The second-order valence-electron chi connectivity index (χ2n) is 4.34. The van der Waals surface area contributed by atoms with Gasteiger partial charge in [0.1, 0.15) is 0 Å². The Labute approximate surface area is 102 Å². The van der Waals surface area contributed by atoms with Gasteiger partial charge in [-0.2, -0.15) is 0 Å². The van der Waals surface area contributed by atoms with Crippen molar-refractivity contribution in [1.82, 2.24) is 14.9 Å². The lowest BCUT2D eigenvalue weighted by Crippen LogP contribution is -2.24. The maximum atomic E-state index is 4.66. The maximum absolute atomic E-state index is 4.66. The van der Waals surface area contributed by atoms with Crippen LogP contribution in [0.5, 0.6) is 0 Å². The molecule has 0 saturated carbocycles. The summed E-state index contributed by atoms with van der Waals surface area (Å²) >= 11 is 0. The van der Waals surface area contributed by atoms with Crippen molar-refractivity contribution in [1.29, 1.82) is 0 Å². The molecule has 1 aromatic carbocycles. The number of nitrogens with one attached hydrogen (secondary N) is 1. The van der Waals surface area contributed by atoms with Gasteiger partial charge in [0.25, 0.3) is 0 Å². The van der Waals surface area contributed by atoms with E-state index in [1.165, 1.54) is 5.52 Å². The quantitative estimate of drug-likeness (QED) is 0.795. The van der Waals surface area contributed by atoms with Gasteiger partial charge in [-0.05, 0) is 32.1 Å². The molecule has 4 heteroatoms. The molecule has 4 nitrogen and oxygen atoms in total. The maximum Gasteiger partial charge on any atom is 0.206 e. The normalized spacial score (nSPS) is 11.0. The van der Waals surface area contributed by atoms with E-state index in [4.69, 9.17) is 0 Å². The molecular weight excluding hydrogens is 212 g/mol. The van der Waals surface area contributed by atoms with Crippen molar-refractivity contribution in [2.75, 3.05) is 32.1 Å². The van der Waals surface area contributed by atoms with E-state index in [0.29, 0.717) is 0 Å². The number of imidazole rings is 1. The van der Waals surface area contributed by atoms with Crippen LogP contribution in [0.1, 0.15) is 6.42 Å². The number of aromatic nitrogens is 2. The SMILES string of the molecule is CNCCCN(C)c1nc2ccccc2n1C. The van der Waals surface area contributed by atoms with Gasteiger partial charge in [0.05, 0.1) is 11.0 Å². The lowest BCUT2D eigenvalue weighted by molar-refractivity contribution is 0.697. The van der Waals surface area contributed by atoms with E-state index >= 15 is 0 Å². The van der Waals surface area contributed by atoms with Crippen LogP contribution in [0.2, 0.25) is 0 Å². The van der Waals surface area contributed by atoms with Crippen molar-refractivity contribution in [3.63, 3.8) is 0 Å². The Balaban J connectivity index is 2.20. The zero-order chi connectivity index (χ0) is 12.3. The fourth-order valence-electron chi connectivity index (χ4n) is 2.07. The van der Waals surface area contributed by atoms with E-state index in [9.17, 15) is 0 Å². The van der Waals surface area contributed by atoms with E-state index < -0.39 is 0 Å². The first kappa shape index (κ1) is 11.9. The summed E-state index contributed by atoms with van der Waals surface area (Å²) in [7, 11) is 6.14. The van der Waals surface area contributed by atoms with Gasteiger partial charge in [-0.1, -0.05) is 12.1 Å². The molecular formula is C13H20N4. The molecule has 1 N–H and O–H groups in total. The molecule has 0 aliphatic heterocycles. The molecule has 0 atom stereocenters. The minimum atomic E-state index is 1.01. The van der Waals surface area contributed by atoms with Crippen LogP contribution < -0.4 is 10.2 Å². The molecule has 0 bridgehead atoms. The average molecular weight is 232 g/mol. The monoisotopic (exact) mass is 232 g/mol. The number of hydrogen-bond donors (Lipinski definition) is 1. The third kappa shape index (κ3) is 2.42. The largest absolute Gasteiger partial charge is 0.345 e. The summed E-state index contributed by atoms with van der Waals surface area (Å²) in [6.07, 6.45) is 1.12. The first-order valence-corrected chi connectivity index (χ1v) is 6.01. The number of aryl methyl sites for hydroxylation is 1. The van der Waals surface area contributed by atoms with Gasteiger partial charge >= 0.3 is 0 Å². The molecule has 0 radical (unpaired) electrons. The summed E-state index contributed by atoms with van der Waals surface area (Å²) in [5.41, 5.74) is 2.24. The second kappa shape index (κ2) is 5.19. The van der Waals surface area contributed by atoms with Gasteiger partial charge in [0.2, 0.25) is 5.95 Å². The Morgan fingerprint density at radius 2 is 2.12 bits per heavy atom. The first-order chi connectivity index (χ1) is 8.24. The molecule has 92 valence electrons. The lowest BCUT2D eigenvalue weighted by atomic mass is 10.3. The van der Waals surface area contributed by atoms with Crippen LogP contribution in [0.15, 0.2) is 24.3 Å². The van der Waals surface area contributed by atoms with Crippen LogP contribution in [0.4, 0.5) is 5.95 Å². The third-order valence-corrected chi connectivity index (χ3v) is 3.03. The summed E-state index contributed by atoms with van der Waals surface area (Å²) in [5, 5.41) is 3.16. The lowest BCUT2D eigenvalue weighted by Gasteiger charge is -2.17. The Hall–Kier alpha value is -1.55. The van der Waals surface area contributed by atoms with Gasteiger partial charge in [0.15, 0.2) is 0 Å². The van der Waals surface area contributed by atoms with Crippen molar-refractivity contribution < 1.29 is 0 Å². The average Bonchev–Trinajstić information content (AvgIpc) is 2.68. The van der Waals surface area contributed by atoms with Crippen molar-refractivity contribution in [2.45, 2.75) is 6.42 Å². The molecule has 0 aliphatic rings. The van der Waals surface area contributed by atoms with E-state index in [1.54, 1.807) is 0 Å². The highest BCUT2D eigenvalue weighted by atomic mass is 15.3. The number of hydrogen-bond acceptors (Lipinski definition) is 3. The molecule has 0 amide bonds. The van der Waals surface area contributed by atoms with Crippen LogP contribution in [0.3, 0.4) is 0 Å². The number of benzene rings is 1. The number of fused-ring (bicyclic) bond motifs is 1. The molecule has 2 rings (SSSR count). The number of anilines is 1. The summed E-state index contributed by atoms with van der Waals surface area (Å²) in [6.45, 7) is 2.05. The number of para-hydroxylation sites is 2. The van der Waals surface area contributed by atoms with E-state index in [-0.39, 0.29) is 0 Å². The van der Waals surface area contributed by atoms with Gasteiger partial charge in [0, 0.05) is 20.6 Å². The van der Waals surface area contributed by atoms with Crippen LogP contribution in [0, 0.1) is 0 Å². The van der Waals surface area contributed by atoms with E-state index in [1.807, 2.05) is 13.1 Å². The molecule has 17 heavy (non-hydrogen) atoms. The highest BCUT2D eigenvalue weighted by Crippen LogP contribution is 2.19. The molecule has 0 unspecified atom stereocenters. The van der Waals surface area contributed by atoms with E-state index in [0.717, 1.165) is 31.0 Å². The van der Waals surface area contributed by atoms with Crippen molar-refractivity contribution in [3.8, 4) is 0 Å². The Morgan fingerprint density at radius 1 is 1.35 bits per heavy atom. The van der Waals surface area contributed by atoms with Crippen molar-refractivity contribution in [2.24, 2.45) is 7.05 Å². The number of nitrogens with zero attached hydrogens (tertiary/aromatic N) is 3. The van der Waals surface area contributed by atoms with E-state index in [2.05, 4.69) is 52.1 Å². The molecule has 0 fully saturated rings.